The lowest BCUT2D eigenvalue weighted by atomic mass is 9.89. The van der Waals surface area contributed by atoms with Gasteiger partial charge in [0.2, 0.25) is 5.91 Å². The summed E-state index contributed by atoms with van der Waals surface area (Å²) in [5, 5.41) is 0. The van der Waals surface area contributed by atoms with E-state index in [2.05, 4.69) is 0 Å². The number of benzene rings is 3. The summed E-state index contributed by atoms with van der Waals surface area (Å²) in [5.74, 6) is 0.627. The fourth-order valence-electron chi connectivity index (χ4n) is 4.39. The van der Waals surface area contributed by atoms with Gasteiger partial charge in [-0.2, -0.15) is 0 Å². The predicted octanol–water partition coefficient (Wildman–Crippen LogP) is 5.38. The molecule has 164 valence electrons. The number of carbonyl (C=O) groups is 2. The van der Waals surface area contributed by atoms with Gasteiger partial charge in [0.05, 0.1) is 6.04 Å². The molecule has 3 aromatic carbocycles. The number of rotatable bonds is 6. The van der Waals surface area contributed by atoms with Gasteiger partial charge in [-0.15, -0.1) is 0 Å². The van der Waals surface area contributed by atoms with Crippen LogP contribution in [0.5, 0.6) is 5.75 Å². The van der Waals surface area contributed by atoms with Gasteiger partial charge < -0.3 is 14.5 Å². The Kier molecular flexibility index (Phi) is 6.55. The van der Waals surface area contributed by atoms with Gasteiger partial charge in [0.1, 0.15) is 5.75 Å². The first-order chi connectivity index (χ1) is 15.6. The van der Waals surface area contributed by atoms with Crippen molar-refractivity contribution in [1.29, 1.82) is 0 Å². The number of hydrogen-bond donors (Lipinski definition) is 0. The molecule has 2 amide bonds. The molecule has 1 aliphatic heterocycles. The zero-order valence-corrected chi connectivity index (χ0v) is 18.5. The number of hydrogen-bond acceptors (Lipinski definition) is 3. The second kappa shape index (κ2) is 9.69. The average molecular weight is 429 g/mol. The minimum Gasteiger partial charge on any atom is -0.484 e. The summed E-state index contributed by atoms with van der Waals surface area (Å²) in [6.07, 6.45) is 1.09. The molecule has 32 heavy (non-hydrogen) atoms. The molecule has 2 unspecified atom stereocenters. The molecule has 1 heterocycles. The van der Waals surface area contributed by atoms with E-state index < -0.39 is 0 Å². The maximum atomic E-state index is 13.5. The summed E-state index contributed by atoms with van der Waals surface area (Å²) >= 11 is 0. The molecule has 2 atom stereocenters. The number of anilines is 2. The number of para-hydroxylation sites is 3. The maximum Gasteiger partial charge on any atom is 0.265 e. The molecular weight excluding hydrogens is 400 g/mol. The molecule has 0 spiro atoms. The lowest BCUT2D eigenvalue weighted by Crippen LogP contribution is -2.48. The van der Waals surface area contributed by atoms with E-state index in [0.29, 0.717) is 18.6 Å². The number of carbonyl (C=O) groups excluding carboxylic acids is 2. The number of amides is 2. The van der Waals surface area contributed by atoms with Crippen LogP contribution in [0.25, 0.3) is 0 Å². The van der Waals surface area contributed by atoms with Gasteiger partial charge >= 0.3 is 0 Å². The Balaban J connectivity index is 1.71. The van der Waals surface area contributed by atoms with Crippen LogP contribution in [-0.2, 0) is 9.59 Å². The molecular formula is C27H28N2O3. The molecule has 3 aromatic rings. The standard InChI is InChI=1S/C27H28N2O3/c1-3-26(30)28-20(2)18-25(23-16-10-11-17-24(23)28)29(21-12-6-4-7-13-21)27(31)19-32-22-14-8-5-9-15-22/h4-17,20,25H,3,18-19H2,1-2H3. The fraction of sp³-hybridized carbons (Fsp3) is 0.259. The highest BCUT2D eigenvalue weighted by Gasteiger charge is 2.38. The van der Waals surface area contributed by atoms with Crippen LogP contribution in [0.2, 0.25) is 0 Å². The van der Waals surface area contributed by atoms with Crippen LogP contribution >= 0.6 is 0 Å². The van der Waals surface area contributed by atoms with Crippen molar-refractivity contribution >= 4 is 23.2 Å². The lowest BCUT2D eigenvalue weighted by molar-refractivity contribution is -0.121. The highest BCUT2D eigenvalue weighted by molar-refractivity contribution is 5.98. The SMILES string of the molecule is CCC(=O)N1c2ccccc2C(N(C(=O)COc2ccccc2)c2ccccc2)CC1C. The lowest BCUT2D eigenvalue weighted by Gasteiger charge is -2.43. The van der Waals surface area contributed by atoms with Crippen molar-refractivity contribution in [2.75, 3.05) is 16.4 Å². The molecule has 0 saturated carbocycles. The van der Waals surface area contributed by atoms with Crippen LogP contribution in [0.4, 0.5) is 11.4 Å². The maximum absolute atomic E-state index is 13.5. The monoisotopic (exact) mass is 428 g/mol. The van der Waals surface area contributed by atoms with Gasteiger partial charge in [-0.25, -0.2) is 0 Å². The van der Waals surface area contributed by atoms with E-state index in [1.54, 1.807) is 0 Å². The van der Waals surface area contributed by atoms with E-state index in [-0.39, 0.29) is 30.5 Å². The normalized spacial score (nSPS) is 17.4. The highest BCUT2D eigenvalue weighted by atomic mass is 16.5. The van der Waals surface area contributed by atoms with Crippen molar-refractivity contribution in [2.45, 2.75) is 38.8 Å². The van der Waals surface area contributed by atoms with Crippen LogP contribution in [-0.4, -0.2) is 24.5 Å². The molecule has 0 fully saturated rings. The fourth-order valence-corrected chi connectivity index (χ4v) is 4.39. The van der Waals surface area contributed by atoms with Gasteiger partial charge in [-0.3, -0.25) is 9.59 Å². The first-order valence-electron chi connectivity index (χ1n) is 11.1. The molecule has 5 nitrogen and oxygen atoms in total. The van der Waals surface area contributed by atoms with Crippen molar-refractivity contribution in [2.24, 2.45) is 0 Å². The third-order valence-corrected chi connectivity index (χ3v) is 5.85. The number of fused-ring (bicyclic) bond motifs is 1. The van der Waals surface area contributed by atoms with Crippen LogP contribution in [0, 0.1) is 0 Å². The summed E-state index contributed by atoms with van der Waals surface area (Å²) in [4.78, 5) is 29.9. The molecule has 0 bridgehead atoms. The van der Waals surface area contributed by atoms with E-state index in [0.717, 1.165) is 16.9 Å². The molecule has 0 aliphatic carbocycles. The van der Waals surface area contributed by atoms with Gasteiger partial charge in [0.25, 0.3) is 5.91 Å². The van der Waals surface area contributed by atoms with E-state index in [1.165, 1.54) is 0 Å². The minimum absolute atomic E-state index is 0.0311. The highest BCUT2D eigenvalue weighted by Crippen LogP contribution is 2.42. The quantitative estimate of drug-likeness (QED) is 0.530. The van der Waals surface area contributed by atoms with Crippen molar-refractivity contribution in [3.63, 3.8) is 0 Å². The largest absolute Gasteiger partial charge is 0.484 e. The van der Waals surface area contributed by atoms with Crippen molar-refractivity contribution < 1.29 is 14.3 Å². The topological polar surface area (TPSA) is 49.9 Å². The average Bonchev–Trinajstić information content (AvgIpc) is 2.84. The summed E-state index contributed by atoms with van der Waals surface area (Å²) < 4.78 is 5.80. The van der Waals surface area contributed by atoms with Crippen molar-refractivity contribution in [3.8, 4) is 5.75 Å². The molecule has 0 radical (unpaired) electrons. The van der Waals surface area contributed by atoms with Crippen LogP contribution < -0.4 is 14.5 Å². The summed E-state index contributed by atoms with van der Waals surface area (Å²) in [5.41, 5.74) is 2.67. The summed E-state index contributed by atoms with van der Waals surface area (Å²) in [7, 11) is 0. The molecule has 0 aromatic heterocycles. The zero-order valence-electron chi connectivity index (χ0n) is 18.5. The Hall–Kier alpha value is -3.60. The second-order valence-electron chi connectivity index (χ2n) is 7.98. The van der Waals surface area contributed by atoms with Crippen LogP contribution in [0.1, 0.15) is 38.3 Å². The van der Waals surface area contributed by atoms with Crippen LogP contribution in [0.15, 0.2) is 84.9 Å². The van der Waals surface area contributed by atoms with Crippen molar-refractivity contribution in [1.82, 2.24) is 0 Å². The molecule has 0 N–H and O–H groups in total. The van der Waals surface area contributed by atoms with E-state index in [9.17, 15) is 9.59 Å². The van der Waals surface area contributed by atoms with E-state index in [1.807, 2.05) is 109 Å². The Bertz CT molecular complexity index is 1070. The van der Waals surface area contributed by atoms with Crippen molar-refractivity contribution in [3.05, 3.63) is 90.5 Å². The third-order valence-electron chi connectivity index (χ3n) is 5.85. The molecule has 0 saturated heterocycles. The first-order valence-corrected chi connectivity index (χ1v) is 11.1. The Morgan fingerprint density at radius 2 is 1.56 bits per heavy atom. The first kappa shape index (κ1) is 21.6. The van der Waals surface area contributed by atoms with E-state index in [4.69, 9.17) is 4.74 Å². The van der Waals surface area contributed by atoms with E-state index >= 15 is 0 Å². The Morgan fingerprint density at radius 1 is 0.938 bits per heavy atom. The van der Waals surface area contributed by atoms with Gasteiger partial charge in [0.15, 0.2) is 6.61 Å². The molecule has 4 rings (SSSR count). The summed E-state index contributed by atoms with van der Waals surface area (Å²) in [6.45, 7) is 3.86. The minimum atomic E-state index is -0.198. The Labute approximate surface area is 189 Å². The van der Waals surface area contributed by atoms with Gasteiger partial charge in [-0.1, -0.05) is 61.5 Å². The number of nitrogens with zero attached hydrogens (tertiary/aromatic N) is 2. The number of ether oxygens (including phenoxy) is 1. The van der Waals surface area contributed by atoms with Gasteiger partial charge in [-0.05, 0) is 49.2 Å². The second-order valence-corrected chi connectivity index (χ2v) is 7.98. The summed E-state index contributed by atoms with van der Waals surface area (Å²) in [6, 6.07) is 26.7. The molecule has 5 heteroatoms. The third kappa shape index (κ3) is 4.37. The predicted molar refractivity (Wildman–Crippen MR) is 127 cm³/mol. The molecule has 1 aliphatic rings. The smallest absolute Gasteiger partial charge is 0.265 e. The van der Waals surface area contributed by atoms with Crippen LogP contribution in [0.3, 0.4) is 0 Å². The zero-order chi connectivity index (χ0) is 22.5. The van der Waals surface area contributed by atoms with Gasteiger partial charge in [0, 0.05) is 23.8 Å². The Morgan fingerprint density at radius 3 is 2.25 bits per heavy atom.